The van der Waals surface area contributed by atoms with Gasteiger partial charge in [0.25, 0.3) is 0 Å². The summed E-state index contributed by atoms with van der Waals surface area (Å²) < 4.78 is 0. The van der Waals surface area contributed by atoms with Crippen molar-refractivity contribution in [3.8, 4) is 0 Å². The first-order valence-corrected chi connectivity index (χ1v) is 9.72. The predicted octanol–water partition coefficient (Wildman–Crippen LogP) is 2.92. The van der Waals surface area contributed by atoms with Gasteiger partial charge in [-0.15, -0.1) is 0 Å². The molecule has 0 unspecified atom stereocenters. The number of anilines is 1. The van der Waals surface area contributed by atoms with Gasteiger partial charge in [-0.05, 0) is 87.2 Å². The van der Waals surface area contributed by atoms with Gasteiger partial charge in [0.15, 0.2) is 0 Å². The number of carboxylic acid groups (broad SMARTS) is 1. The number of nitrogens with one attached hydrogen (secondary N) is 3. The normalized spacial score (nSPS) is 22.8. The number of hydrogen-bond acceptors (Lipinski definition) is 3. The molecule has 1 saturated carbocycles. The standard InChI is InChI=1S/C20H29N3O3/c24-19(25)8-3-14-1-5-17(6-2-14)22-20(26)23-18-7-4-15-9-11-21-12-10-16(15)13-18/h4,7,13-14,17,21H,1-3,5-6,8-12H2,(H,24,25)(H2,22,23,26). The van der Waals surface area contributed by atoms with Gasteiger partial charge < -0.3 is 21.1 Å². The van der Waals surface area contributed by atoms with Crippen molar-refractivity contribution in [3.63, 3.8) is 0 Å². The van der Waals surface area contributed by atoms with Gasteiger partial charge in [0.2, 0.25) is 0 Å². The smallest absolute Gasteiger partial charge is 0.319 e. The largest absolute Gasteiger partial charge is 0.481 e. The number of aliphatic carboxylic acids is 1. The van der Waals surface area contributed by atoms with E-state index in [1.54, 1.807) is 0 Å². The summed E-state index contributed by atoms with van der Waals surface area (Å²) in [6, 6.07) is 6.22. The second kappa shape index (κ2) is 9.03. The molecule has 1 aliphatic heterocycles. The predicted molar refractivity (Wildman–Crippen MR) is 101 cm³/mol. The van der Waals surface area contributed by atoms with Crippen LogP contribution in [0.1, 0.15) is 49.7 Å². The van der Waals surface area contributed by atoms with E-state index in [0.29, 0.717) is 5.92 Å². The van der Waals surface area contributed by atoms with Gasteiger partial charge in [-0.2, -0.15) is 0 Å². The van der Waals surface area contributed by atoms with Gasteiger partial charge in [-0.3, -0.25) is 4.79 Å². The van der Waals surface area contributed by atoms with E-state index in [1.807, 2.05) is 6.07 Å². The van der Waals surface area contributed by atoms with Crippen LogP contribution in [0, 0.1) is 5.92 Å². The van der Waals surface area contributed by atoms with Crippen molar-refractivity contribution < 1.29 is 14.7 Å². The van der Waals surface area contributed by atoms with E-state index in [2.05, 4.69) is 28.1 Å². The number of urea groups is 1. The molecule has 1 aromatic carbocycles. The van der Waals surface area contributed by atoms with E-state index in [9.17, 15) is 9.59 Å². The average Bonchev–Trinajstić information content (AvgIpc) is 2.86. The zero-order valence-electron chi connectivity index (χ0n) is 15.2. The summed E-state index contributed by atoms with van der Waals surface area (Å²) in [6.07, 6.45) is 6.85. The molecular weight excluding hydrogens is 330 g/mol. The highest BCUT2D eigenvalue weighted by atomic mass is 16.4. The summed E-state index contributed by atoms with van der Waals surface area (Å²) in [5, 5.41) is 18.2. The molecule has 6 nitrogen and oxygen atoms in total. The highest BCUT2D eigenvalue weighted by Crippen LogP contribution is 2.28. The number of hydrogen-bond donors (Lipinski definition) is 4. The highest BCUT2D eigenvalue weighted by molar-refractivity contribution is 5.89. The van der Waals surface area contributed by atoms with Crippen molar-refractivity contribution >= 4 is 17.7 Å². The van der Waals surface area contributed by atoms with Crippen LogP contribution >= 0.6 is 0 Å². The summed E-state index contributed by atoms with van der Waals surface area (Å²) in [4.78, 5) is 23.0. The molecule has 2 amide bonds. The summed E-state index contributed by atoms with van der Waals surface area (Å²) in [6.45, 7) is 1.99. The molecular formula is C20H29N3O3. The van der Waals surface area contributed by atoms with E-state index < -0.39 is 5.97 Å². The number of carboxylic acids is 1. The highest BCUT2D eigenvalue weighted by Gasteiger charge is 2.23. The van der Waals surface area contributed by atoms with Crippen molar-refractivity contribution in [2.24, 2.45) is 5.92 Å². The lowest BCUT2D eigenvalue weighted by atomic mass is 9.83. The van der Waals surface area contributed by atoms with Crippen LogP contribution < -0.4 is 16.0 Å². The van der Waals surface area contributed by atoms with Gasteiger partial charge >= 0.3 is 12.0 Å². The summed E-state index contributed by atoms with van der Waals surface area (Å²) >= 11 is 0. The molecule has 1 fully saturated rings. The molecule has 0 bridgehead atoms. The molecule has 0 radical (unpaired) electrons. The lowest BCUT2D eigenvalue weighted by Gasteiger charge is -2.28. The first-order chi connectivity index (χ1) is 12.6. The van der Waals surface area contributed by atoms with Crippen molar-refractivity contribution in [1.29, 1.82) is 0 Å². The van der Waals surface area contributed by atoms with Crippen LogP contribution in [0.15, 0.2) is 18.2 Å². The Balaban J connectivity index is 1.45. The average molecular weight is 359 g/mol. The maximum absolute atomic E-state index is 12.3. The molecule has 1 aliphatic carbocycles. The maximum Gasteiger partial charge on any atom is 0.319 e. The summed E-state index contributed by atoms with van der Waals surface area (Å²) in [5.41, 5.74) is 3.52. The van der Waals surface area contributed by atoms with Crippen LogP contribution in [0.5, 0.6) is 0 Å². The van der Waals surface area contributed by atoms with Gasteiger partial charge in [0, 0.05) is 18.2 Å². The summed E-state index contributed by atoms with van der Waals surface area (Å²) in [5.74, 6) is -0.244. The molecule has 26 heavy (non-hydrogen) atoms. The van der Waals surface area contributed by atoms with Gasteiger partial charge in [-0.1, -0.05) is 6.07 Å². The number of amides is 2. The lowest BCUT2D eigenvalue weighted by Crippen LogP contribution is -2.40. The first-order valence-electron chi connectivity index (χ1n) is 9.72. The fourth-order valence-corrected chi connectivity index (χ4v) is 4.03. The minimum absolute atomic E-state index is 0.148. The van der Waals surface area contributed by atoms with Crippen LogP contribution in [0.4, 0.5) is 10.5 Å². The summed E-state index contributed by atoms with van der Waals surface area (Å²) in [7, 11) is 0. The van der Waals surface area contributed by atoms with Crippen molar-refractivity contribution in [1.82, 2.24) is 10.6 Å². The molecule has 4 N–H and O–H groups in total. The fraction of sp³-hybridized carbons (Fsp3) is 0.600. The number of carbonyl (C=O) groups excluding carboxylic acids is 1. The Kier molecular flexibility index (Phi) is 6.50. The quantitative estimate of drug-likeness (QED) is 0.651. The Morgan fingerprint density at radius 3 is 2.54 bits per heavy atom. The molecule has 0 aromatic heterocycles. The van der Waals surface area contributed by atoms with Crippen LogP contribution in [0.3, 0.4) is 0 Å². The third kappa shape index (κ3) is 5.46. The Morgan fingerprint density at radius 2 is 1.81 bits per heavy atom. The molecule has 0 saturated heterocycles. The Morgan fingerprint density at radius 1 is 1.08 bits per heavy atom. The fourth-order valence-electron chi connectivity index (χ4n) is 4.03. The van der Waals surface area contributed by atoms with E-state index in [4.69, 9.17) is 5.11 Å². The van der Waals surface area contributed by atoms with Crippen LogP contribution in [0.2, 0.25) is 0 Å². The topological polar surface area (TPSA) is 90.5 Å². The van der Waals surface area contributed by atoms with E-state index in [1.165, 1.54) is 11.1 Å². The van der Waals surface area contributed by atoms with E-state index in [-0.39, 0.29) is 18.5 Å². The molecule has 142 valence electrons. The molecule has 6 heteroatoms. The van der Waals surface area contributed by atoms with Crippen LogP contribution in [-0.2, 0) is 17.6 Å². The molecule has 2 aliphatic rings. The van der Waals surface area contributed by atoms with Crippen LogP contribution in [0.25, 0.3) is 0 Å². The number of carbonyl (C=O) groups is 2. The Labute approximate surface area is 154 Å². The SMILES string of the molecule is O=C(O)CCC1CCC(NC(=O)Nc2ccc3c(c2)CCNCC3)CC1. The van der Waals surface area contributed by atoms with E-state index >= 15 is 0 Å². The van der Waals surface area contributed by atoms with Gasteiger partial charge in [0.1, 0.15) is 0 Å². The monoisotopic (exact) mass is 359 g/mol. The van der Waals surface area contributed by atoms with Crippen LogP contribution in [-0.4, -0.2) is 36.2 Å². The number of rotatable bonds is 5. The maximum atomic E-state index is 12.3. The molecule has 1 heterocycles. The van der Waals surface area contributed by atoms with Gasteiger partial charge in [0.05, 0.1) is 0 Å². The molecule has 3 rings (SSSR count). The zero-order chi connectivity index (χ0) is 18.4. The minimum Gasteiger partial charge on any atom is -0.481 e. The zero-order valence-corrected chi connectivity index (χ0v) is 15.2. The second-order valence-electron chi connectivity index (χ2n) is 7.48. The number of fused-ring (bicyclic) bond motifs is 1. The van der Waals surface area contributed by atoms with Gasteiger partial charge in [-0.25, -0.2) is 4.79 Å². The van der Waals surface area contributed by atoms with E-state index in [0.717, 1.165) is 63.7 Å². The number of benzene rings is 1. The molecule has 0 spiro atoms. The minimum atomic E-state index is -0.721. The molecule has 1 aromatic rings. The Bertz CT molecular complexity index is 639. The molecule has 0 atom stereocenters. The van der Waals surface area contributed by atoms with Crippen molar-refractivity contribution in [2.45, 2.75) is 57.4 Å². The third-order valence-electron chi connectivity index (χ3n) is 5.55. The Hall–Kier alpha value is -2.08. The van der Waals surface area contributed by atoms with Crippen molar-refractivity contribution in [3.05, 3.63) is 29.3 Å². The third-order valence-corrected chi connectivity index (χ3v) is 5.55. The second-order valence-corrected chi connectivity index (χ2v) is 7.48. The first kappa shape index (κ1) is 18.7. The lowest BCUT2D eigenvalue weighted by molar-refractivity contribution is -0.137. The van der Waals surface area contributed by atoms with Crippen molar-refractivity contribution in [2.75, 3.05) is 18.4 Å².